The molecule has 4 rings (SSSR count). The summed E-state index contributed by atoms with van der Waals surface area (Å²) in [5.74, 6) is 1.11. The second kappa shape index (κ2) is 7.75. The summed E-state index contributed by atoms with van der Waals surface area (Å²) in [5, 5.41) is 0. The normalized spacial score (nSPS) is 16.4. The number of likely N-dealkylation sites (tertiary alicyclic amines) is 1. The third-order valence-electron chi connectivity index (χ3n) is 4.74. The maximum Gasteiger partial charge on any atom is 0.409 e. The molecule has 1 aliphatic rings. The average Bonchev–Trinajstić information content (AvgIpc) is 3.38. The van der Waals surface area contributed by atoms with Gasteiger partial charge in [-0.2, -0.15) is 0 Å². The Kier molecular flexibility index (Phi) is 5.01. The lowest BCUT2D eigenvalue weighted by molar-refractivity contribution is 0.115. The second-order valence-corrected chi connectivity index (χ2v) is 6.62. The molecule has 3 heterocycles. The minimum atomic E-state index is -0.322. The number of aromatic amines is 1. The summed E-state index contributed by atoms with van der Waals surface area (Å²) in [4.78, 5) is 30.0. The van der Waals surface area contributed by atoms with E-state index in [0.29, 0.717) is 31.1 Å². The van der Waals surface area contributed by atoms with E-state index < -0.39 is 0 Å². The Bertz CT molecular complexity index is 973. The molecule has 8 heteroatoms. The van der Waals surface area contributed by atoms with Crippen molar-refractivity contribution in [2.45, 2.75) is 19.3 Å². The molecule has 0 spiro atoms. The highest BCUT2D eigenvalue weighted by Crippen LogP contribution is 2.27. The Hall–Kier alpha value is -3.29. The van der Waals surface area contributed by atoms with Crippen LogP contribution in [0.4, 0.5) is 9.18 Å². The predicted molar refractivity (Wildman–Crippen MR) is 101 cm³/mol. The molecular weight excluding hydrogens is 361 g/mol. The van der Waals surface area contributed by atoms with Gasteiger partial charge in [-0.05, 0) is 25.5 Å². The van der Waals surface area contributed by atoms with Gasteiger partial charge in [0.15, 0.2) is 5.82 Å². The zero-order valence-electron chi connectivity index (χ0n) is 15.4. The number of amides is 1. The fourth-order valence-electron chi connectivity index (χ4n) is 3.30. The van der Waals surface area contributed by atoms with Crippen LogP contribution in [0.25, 0.3) is 22.6 Å². The number of halogens is 1. The first-order valence-corrected chi connectivity index (χ1v) is 9.19. The number of nitrogens with zero attached hydrogens (tertiary/aromatic N) is 4. The van der Waals surface area contributed by atoms with Crippen molar-refractivity contribution in [1.29, 1.82) is 0 Å². The lowest BCUT2D eigenvalue weighted by atomic mass is 10.1. The van der Waals surface area contributed by atoms with E-state index in [9.17, 15) is 9.18 Å². The summed E-state index contributed by atoms with van der Waals surface area (Å²) in [6.45, 7) is 3.41. The first kappa shape index (κ1) is 18.1. The van der Waals surface area contributed by atoms with Crippen LogP contribution in [0, 0.1) is 5.82 Å². The number of imidazole rings is 1. The van der Waals surface area contributed by atoms with Crippen molar-refractivity contribution in [2.24, 2.45) is 0 Å². The van der Waals surface area contributed by atoms with Crippen LogP contribution < -0.4 is 0 Å². The average molecular weight is 381 g/mol. The van der Waals surface area contributed by atoms with Crippen LogP contribution in [-0.4, -0.2) is 50.6 Å². The van der Waals surface area contributed by atoms with Crippen LogP contribution in [0.2, 0.25) is 0 Å². The number of aromatic nitrogens is 4. The van der Waals surface area contributed by atoms with Gasteiger partial charge < -0.3 is 14.6 Å². The summed E-state index contributed by atoms with van der Waals surface area (Å²) in [6, 6.07) is 6.18. The predicted octanol–water partition coefficient (Wildman–Crippen LogP) is 3.62. The van der Waals surface area contributed by atoms with Crippen LogP contribution in [0.3, 0.4) is 0 Å². The van der Waals surface area contributed by atoms with Gasteiger partial charge in [-0.15, -0.1) is 0 Å². The number of carbonyl (C=O) groups is 1. The van der Waals surface area contributed by atoms with E-state index in [4.69, 9.17) is 4.74 Å². The monoisotopic (exact) mass is 381 g/mol. The fraction of sp³-hybridized carbons (Fsp3) is 0.300. The van der Waals surface area contributed by atoms with Crippen molar-refractivity contribution in [3.63, 3.8) is 0 Å². The van der Waals surface area contributed by atoms with Gasteiger partial charge in [0.2, 0.25) is 0 Å². The Morgan fingerprint density at radius 2 is 2.07 bits per heavy atom. The van der Waals surface area contributed by atoms with Gasteiger partial charge in [0, 0.05) is 42.5 Å². The maximum atomic E-state index is 13.4. The number of benzene rings is 1. The van der Waals surface area contributed by atoms with E-state index >= 15 is 0 Å². The van der Waals surface area contributed by atoms with Crippen LogP contribution >= 0.6 is 0 Å². The lowest BCUT2D eigenvalue weighted by Crippen LogP contribution is -2.29. The first-order chi connectivity index (χ1) is 13.6. The zero-order valence-corrected chi connectivity index (χ0v) is 15.4. The minimum absolute atomic E-state index is 0.144. The van der Waals surface area contributed by atoms with Gasteiger partial charge in [0.1, 0.15) is 11.6 Å². The Morgan fingerprint density at radius 1 is 1.25 bits per heavy atom. The molecule has 2 aromatic heterocycles. The third kappa shape index (κ3) is 3.71. The molecule has 28 heavy (non-hydrogen) atoms. The zero-order chi connectivity index (χ0) is 19.5. The van der Waals surface area contributed by atoms with E-state index in [1.165, 1.54) is 12.1 Å². The first-order valence-electron chi connectivity index (χ1n) is 9.19. The molecule has 0 radical (unpaired) electrons. The molecule has 1 saturated heterocycles. The number of H-pyrrole nitrogens is 1. The van der Waals surface area contributed by atoms with E-state index in [0.717, 1.165) is 23.5 Å². The molecule has 0 aliphatic carbocycles. The summed E-state index contributed by atoms with van der Waals surface area (Å²) in [7, 11) is 0. The molecule has 1 atom stereocenters. The molecule has 3 aromatic rings. The molecule has 7 nitrogen and oxygen atoms in total. The van der Waals surface area contributed by atoms with E-state index in [-0.39, 0.29) is 17.8 Å². The SMILES string of the molecule is CCOC(=O)N1CC[C@H](c2ncc(-c3cnc(-c4cccc(F)c4)nc3)[nH]2)C1. The van der Waals surface area contributed by atoms with Crippen molar-refractivity contribution in [3.8, 4) is 22.6 Å². The summed E-state index contributed by atoms with van der Waals surface area (Å²) < 4.78 is 18.4. The summed E-state index contributed by atoms with van der Waals surface area (Å²) >= 11 is 0. The van der Waals surface area contributed by atoms with Crippen molar-refractivity contribution in [3.05, 3.63) is 54.5 Å². The van der Waals surface area contributed by atoms with Crippen LogP contribution in [0.5, 0.6) is 0 Å². The number of ether oxygens (including phenoxy) is 1. The van der Waals surface area contributed by atoms with Gasteiger partial charge in [-0.3, -0.25) is 0 Å². The Morgan fingerprint density at radius 3 is 2.82 bits per heavy atom. The molecular formula is C20H20FN5O2. The second-order valence-electron chi connectivity index (χ2n) is 6.62. The highest BCUT2D eigenvalue weighted by molar-refractivity contribution is 5.68. The molecule has 0 bridgehead atoms. The Labute approximate surface area is 161 Å². The van der Waals surface area contributed by atoms with Crippen molar-refractivity contribution >= 4 is 6.09 Å². The van der Waals surface area contributed by atoms with Crippen LogP contribution in [-0.2, 0) is 4.74 Å². The molecule has 0 saturated carbocycles. The van der Waals surface area contributed by atoms with Gasteiger partial charge >= 0.3 is 6.09 Å². The van der Waals surface area contributed by atoms with E-state index in [1.54, 1.807) is 42.5 Å². The van der Waals surface area contributed by atoms with Crippen molar-refractivity contribution in [1.82, 2.24) is 24.8 Å². The Balaban J connectivity index is 1.47. The number of hydrogen-bond acceptors (Lipinski definition) is 5. The molecule has 144 valence electrons. The molecule has 1 aromatic carbocycles. The van der Waals surface area contributed by atoms with Gasteiger partial charge in [0.25, 0.3) is 0 Å². The van der Waals surface area contributed by atoms with Gasteiger partial charge in [-0.25, -0.2) is 24.1 Å². The van der Waals surface area contributed by atoms with E-state index in [2.05, 4.69) is 19.9 Å². The van der Waals surface area contributed by atoms with Gasteiger partial charge in [-0.1, -0.05) is 12.1 Å². The third-order valence-corrected chi connectivity index (χ3v) is 4.74. The van der Waals surface area contributed by atoms with Crippen LogP contribution in [0.1, 0.15) is 25.1 Å². The molecule has 1 aliphatic heterocycles. The van der Waals surface area contributed by atoms with Gasteiger partial charge in [0.05, 0.1) is 18.5 Å². The number of rotatable bonds is 4. The largest absolute Gasteiger partial charge is 0.450 e. The topological polar surface area (TPSA) is 84.0 Å². The van der Waals surface area contributed by atoms with Crippen molar-refractivity contribution < 1.29 is 13.9 Å². The number of nitrogens with one attached hydrogen (secondary N) is 1. The molecule has 1 fully saturated rings. The van der Waals surface area contributed by atoms with E-state index in [1.807, 2.05) is 0 Å². The maximum absolute atomic E-state index is 13.4. The fourth-order valence-corrected chi connectivity index (χ4v) is 3.30. The molecule has 1 amide bonds. The lowest BCUT2D eigenvalue weighted by Gasteiger charge is -2.14. The number of hydrogen-bond donors (Lipinski definition) is 1. The standard InChI is InChI=1S/C20H20FN5O2/c1-2-28-20(27)26-7-6-14(12-26)19-24-11-17(25-19)15-9-22-18(23-10-15)13-4-3-5-16(21)8-13/h3-5,8-11,14H,2,6-7,12H2,1H3,(H,24,25)/t14-/m0/s1. The van der Waals surface area contributed by atoms with Crippen LogP contribution in [0.15, 0.2) is 42.9 Å². The van der Waals surface area contributed by atoms with Crippen molar-refractivity contribution in [2.75, 3.05) is 19.7 Å². The molecule has 1 N–H and O–H groups in total. The molecule has 0 unspecified atom stereocenters. The summed E-state index contributed by atoms with van der Waals surface area (Å²) in [6.07, 6.45) is 5.66. The summed E-state index contributed by atoms with van der Waals surface area (Å²) in [5.41, 5.74) is 2.22. The highest BCUT2D eigenvalue weighted by atomic mass is 19.1. The smallest absolute Gasteiger partial charge is 0.409 e. The quantitative estimate of drug-likeness (QED) is 0.746. The minimum Gasteiger partial charge on any atom is -0.450 e. The number of carbonyl (C=O) groups excluding carboxylic acids is 1. The highest BCUT2D eigenvalue weighted by Gasteiger charge is 2.30.